The van der Waals surface area contributed by atoms with E-state index in [0.717, 1.165) is 16.7 Å². The van der Waals surface area contributed by atoms with Crippen molar-refractivity contribution >= 4 is 11.0 Å². The van der Waals surface area contributed by atoms with Crippen LogP contribution in [0.4, 0.5) is 0 Å². The first-order valence-corrected chi connectivity index (χ1v) is 5.29. The number of aliphatic hydroxyl groups excluding tert-OH is 2. The summed E-state index contributed by atoms with van der Waals surface area (Å²) in [6.07, 6.45) is 2.17. The van der Waals surface area contributed by atoms with Crippen LogP contribution in [0.5, 0.6) is 0 Å². The highest BCUT2D eigenvalue weighted by Crippen LogP contribution is 2.10. The van der Waals surface area contributed by atoms with E-state index in [1.165, 1.54) is 0 Å². The minimum atomic E-state index is -0.673. The average molecular weight is 218 g/mol. The SMILES string of the molecule is OC[C@@H](O)CCc1cnc2ccccc2n1. The molecule has 0 amide bonds. The lowest BCUT2D eigenvalue weighted by Gasteiger charge is -2.06. The third kappa shape index (κ3) is 2.53. The number of hydrogen-bond donors (Lipinski definition) is 2. The van der Waals surface area contributed by atoms with Gasteiger partial charge in [-0.25, -0.2) is 4.98 Å². The van der Waals surface area contributed by atoms with Gasteiger partial charge in [0.15, 0.2) is 0 Å². The largest absolute Gasteiger partial charge is 0.394 e. The van der Waals surface area contributed by atoms with Crippen molar-refractivity contribution in [2.45, 2.75) is 18.9 Å². The normalized spacial score (nSPS) is 12.9. The molecular weight excluding hydrogens is 204 g/mol. The van der Waals surface area contributed by atoms with E-state index in [1.807, 2.05) is 24.3 Å². The Morgan fingerprint density at radius 1 is 1.19 bits per heavy atom. The monoisotopic (exact) mass is 218 g/mol. The summed E-state index contributed by atoms with van der Waals surface area (Å²) in [6, 6.07) is 7.67. The number of hydrogen-bond acceptors (Lipinski definition) is 4. The summed E-state index contributed by atoms with van der Waals surface area (Å²) < 4.78 is 0. The van der Waals surface area contributed by atoms with Crippen LogP contribution < -0.4 is 0 Å². The predicted molar refractivity (Wildman–Crippen MR) is 61.0 cm³/mol. The van der Waals surface area contributed by atoms with E-state index < -0.39 is 6.10 Å². The molecule has 2 aromatic rings. The summed E-state index contributed by atoms with van der Waals surface area (Å²) in [6.45, 7) is -0.207. The summed E-state index contributed by atoms with van der Waals surface area (Å²) >= 11 is 0. The Labute approximate surface area is 93.6 Å². The van der Waals surface area contributed by atoms with Crippen molar-refractivity contribution < 1.29 is 10.2 Å². The topological polar surface area (TPSA) is 66.2 Å². The molecule has 2 rings (SSSR count). The molecule has 0 saturated heterocycles. The number of fused-ring (bicyclic) bond motifs is 1. The highest BCUT2D eigenvalue weighted by molar-refractivity contribution is 5.73. The minimum Gasteiger partial charge on any atom is -0.394 e. The predicted octanol–water partition coefficient (Wildman–Crippen LogP) is 0.916. The average Bonchev–Trinajstić information content (AvgIpc) is 2.35. The lowest BCUT2D eigenvalue weighted by atomic mass is 10.1. The second-order valence-corrected chi connectivity index (χ2v) is 3.73. The van der Waals surface area contributed by atoms with E-state index in [4.69, 9.17) is 5.11 Å². The molecule has 16 heavy (non-hydrogen) atoms. The first kappa shape index (κ1) is 11.0. The van der Waals surface area contributed by atoms with Crippen LogP contribution in [0.1, 0.15) is 12.1 Å². The fourth-order valence-electron chi connectivity index (χ4n) is 1.52. The van der Waals surface area contributed by atoms with Gasteiger partial charge in [0.05, 0.1) is 29.4 Å². The van der Waals surface area contributed by atoms with Gasteiger partial charge in [0.25, 0.3) is 0 Å². The standard InChI is InChI=1S/C12H14N2O2/c15-8-10(16)6-5-9-7-13-11-3-1-2-4-12(11)14-9/h1-4,7,10,15-16H,5-6,8H2/t10-/m0/s1. The van der Waals surface area contributed by atoms with Crippen LogP contribution in [-0.4, -0.2) is 32.9 Å². The number of aromatic nitrogens is 2. The van der Waals surface area contributed by atoms with E-state index in [0.29, 0.717) is 12.8 Å². The van der Waals surface area contributed by atoms with Gasteiger partial charge in [-0.05, 0) is 25.0 Å². The molecule has 1 heterocycles. The molecule has 1 aromatic heterocycles. The van der Waals surface area contributed by atoms with Gasteiger partial charge in [-0.1, -0.05) is 12.1 Å². The number of rotatable bonds is 4. The van der Waals surface area contributed by atoms with Gasteiger partial charge in [0, 0.05) is 6.20 Å². The second-order valence-electron chi connectivity index (χ2n) is 3.73. The highest BCUT2D eigenvalue weighted by Gasteiger charge is 2.04. The smallest absolute Gasteiger partial charge is 0.0890 e. The van der Waals surface area contributed by atoms with Gasteiger partial charge < -0.3 is 10.2 Å². The molecule has 0 aliphatic rings. The molecule has 1 aromatic carbocycles. The number of para-hydroxylation sites is 2. The molecule has 0 radical (unpaired) electrons. The Morgan fingerprint density at radius 2 is 1.94 bits per heavy atom. The summed E-state index contributed by atoms with van der Waals surface area (Å²) in [7, 11) is 0. The van der Waals surface area contributed by atoms with Gasteiger partial charge >= 0.3 is 0 Å². The molecular formula is C12H14N2O2. The lowest BCUT2D eigenvalue weighted by molar-refractivity contribution is 0.0884. The molecule has 0 spiro atoms. The number of aliphatic hydroxyl groups is 2. The van der Waals surface area contributed by atoms with Gasteiger partial charge in [-0.15, -0.1) is 0 Å². The Bertz CT molecular complexity index is 473. The molecule has 0 bridgehead atoms. The van der Waals surface area contributed by atoms with E-state index in [1.54, 1.807) is 6.20 Å². The van der Waals surface area contributed by atoms with Crippen LogP contribution in [0.15, 0.2) is 30.5 Å². The molecule has 0 aliphatic heterocycles. The molecule has 84 valence electrons. The summed E-state index contributed by atoms with van der Waals surface area (Å²) in [5.41, 5.74) is 2.57. The van der Waals surface area contributed by atoms with E-state index in [2.05, 4.69) is 9.97 Å². The fourth-order valence-corrected chi connectivity index (χ4v) is 1.52. The van der Waals surface area contributed by atoms with Crippen molar-refractivity contribution in [1.29, 1.82) is 0 Å². The maximum atomic E-state index is 9.23. The van der Waals surface area contributed by atoms with Crippen molar-refractivity contribution in [2.75, 3.05) is 6.61 Å². The molecule has 4 nitrogen and oxygen atoms in total. The Morgan fingerprint density at radius 3 is 2.69 bits per heavy atom. The molecule has 0 unspecified atom stereocenters. The van der Waals surface area contributed by atoms with Gasteiger partial charge in [0.1, 0.15) is 0 Å². The Kier molecular flexibility index (Phi) is 3.44. The van der Waals surface area contributed by atoms with Crippen LogP contribution >= 0.6 is 0 Å². The van der Waals surface area contributed by atoms with E-state index in [9.17, 15) is 5.11 Å². The molecule has 0 saturated carbocycles. The zero-order chi connectivity index (χ0) is 11.4. The van der Waals surface area contributed by atoms with E-state index in [-0.39, 0.29) is 6.61 Å². The van der Waals surface area contributed by atoms with Crippen molar-refractivity contribution in [2.24, 2.45) is 0 Å². The van der Waals surface area contributed by atoms with E-state index >= 15 is 0 Å². The first-order valence-electron chi connectivity index (χ1n) is 5.29. The van der Waals surface area contributed by atoms with Crippen LogP contribution in [0, 0.1) is 0 Å². The zero-order valence-electron chi connectivity index (χ0n) is 8.87. The Hall–Kier alpha value is -1.52. The zero-order valence-corrected chi connectivity index (χ0v) is 8.87. The molecule has 0 fully saturated rings. The second kappa shape index (κ2) is 5.01. The first-order chi connectivity index (χ1) is 7.79. The minimum absolute atomic E-state index is 0.207. The maximum absolute atomic E-state index is 9.23. The molecule has 4 heteroatoms. The number of benzene rings is 1. The fraction of sp³-hybridized carbons (Fsp3) is 0.333. The number of nitrogens with zero attached hydrogens (tertiary/aromatic N) is 2. The van der Waals surface area contributed by atoms with Crippen LogP contribution in [-0.2, 0) is 6.42 Å². The number of aryl methyl sites for hydroxylation is 1. The van der Waals surface area contributed by atoms with Crippen molar-refractivity contribution in [1.82, 2.24) is 9.97 Å². The van der Waals surface area contributed by atoms with Gasteiger partial charge in [0.2, 0.25) is 0 Å². The Balaban J connectivity index is 2.13. The van der Waals surface area contributed by atoms with Crippen LogP contribution in [0.3, 0.4) is 0 Å². The maximum Gasteiger partial charge on any atom is 0.0890 e. The lowest BCUT2D eigenvalue weighted by Crippen LogP contribution is -2.13. The van der Waals surface area contributed by atoms with Crippen molar-refractivity contribution in [3.05, 3.63) is 36.2 Å². The van der Waals surface area contributed by atoms with Gasteiger partial charge in [-0.2, -0.15) is 0 Å². The van der Waals surface area contributed by atoms with Crippen molar-refractivity contribution in [3.63, 3.8) is 0 Å². The summed E-state index contributed by atoms with van der Waals surface area (Å²) in [4.78, 5) is 8.70. The molecule has 1 atom stereocenters. The summed E-state index contributed by atoms with van der Waals surface area (Å²) in [5.74, 6) is 0. The third-order valence-electron chi connectivity index (χ3n) is 2.44. The third-order valence-corrected chi connectivity index (χ3v) is 2.44. The molecule has 0 aliphatic carbocycles. The summed E-state index contributed by atoms with van der Waals surface area (Å²) in [5, 5.41) is 17.9. The quantitative estimate of drug-likeness (QED) is 0.800. The van der Waals surface area contributed by atoms with Crippen LogP contribution in [0.2, 0.25) is 0 Å². The highest BCUT2D eigenvalue weighted by atomic mass is 16.3. The molecule has 2 N–H and O–H groups in total. The van der Waals surface area contributed by atoms with Crippen LogP contribution in [0.25, 0.3) is 11.0 Å². The van der Waals surface area contributed by atoms with Gasteiger partial charge in [-0.3, -0.25) is 4.98 Å². The van der Waals surface area contributed by atoms with Crippen molar-refractivity contribution in [3.8, 4) is 0 Å².